The van der Waals surface area contributed by atoms with E-state index in [1.54, 1.807) is 30.2 Å². The predicted molar refractivity (Wildman–Crippen MR) is 59.9 cm³/mol. The molecule has 0 aliphatic rings. The zero-order chi connectivity index (χ0) is 9.36. The van der Waals surface area contributed by atoms with Gasteiger partial charge in [-0.15, -0.1) is 12.4 Å². The van der Waals surface area contributed by atoms with Gasteiger partial charge < -0.3 is 10.5 Å². The number of ether oxygens (including phenoxy) is 1. The molecule has 1 rings (SSSR count). The SMILES string of the molecule is Cl.NCCOCCSc1ncccn1. The topological polar surface area (TPSA) is 61.0 Å². The normalized spacial score (nSPS) is 9.50. The Balaban J connectivity index is 0.00000169. The van der Waals surface area contributed by atoms with Gasteiger partial charge in [0.05, 0.1) is 13.2 Å². The number of hydrogen-bond acceptors (Lipinski definition) is 5. The van der Waals surface area contributed by atoms with E-state index in [0.29, 0.717) is 19.8 Å². The second-order valence-corrected chi connectivity index (χ2v) is 3.34. The van der Waals surface area contributed by atoms with Crippen LogP contribution in [0.25, 0.3) is 0 Å². The van der Waals surface area contributed by atoms with Gasteiger partial charge in [-0.2, -0.15) is 0 Å². The Bertz CT molecular complexity index is 225. The molecule has 0 aromatic carbocycles. The summed E-state index contributed by atoms with van der Waals surface area (Å²) >= 11 is 1.58. The molecule has 6 heteroatoms. The maximum atomic E-state index is 5.27. The second kappa shape index (κ2) is 9.21. The minimum atomic E-state index is 0. The summed E-state index contributed by atoms with van der Waals surface area (Å²) in [6, 6.07) is 1.80. The monoisotopic (exact) mass is 235 g/mol. The van der Waals surface area contributed by atoms with Crippen molar-refractivity contribution in [3.8, 4) is 0 Å². The van der Waals surface area contributed by atoms with Crippen molar-refractivity contribution in [2.24, 2.45) is 5.73 Å². The molecule has 0 aliphatic heterocycles. The summed E-state index contributed by atoms with van der Waals surface area (Å²) in [7, 11) is 0. The molecule has 0 aliphatic carbocycles. The highest BCUT2D eigenvalue weighted by Crippen LogP contribution is 2.09. The molecule has 0 fully saturated rings. The summed E-state index contributed by atoms with van der Waals surface area (Å²) in [5.74, 6) is 0.865. The van der Waals surface area contributed by atoms with Crippen LogP contribution in [0.4, 0.5) is 0 Å². The molecule has 80 valence electrons. The van der Waals surface area contributed by atoms with Crippen molar-refractivity contribution < 1.29 is 4.74 Å². The van der Waals surface area contributed by atoms with E-state index < -0.39 is 0 Å². The van der Waals surface area contributed by atoms with Gasteiger partial charge >= 0.3 is 0 Å². The lowest BCUT2D eigenvalue weighted by Gasteiger charge is -2.00. The maximum absolute atomic E-state index is 5.27. The Labute approximate surface area is 94.1 Å². The van der Waals surface area contributed by atoms with E-state index in [9.17, 15) is 0 Å². The van der Waals surface area contributed by atoms with Gasteiger partial charge in [-0.05, 0) is 6.07 Å². The summed E-state index contributed by atoms with van der Waals surface area (Å²) in [4.78, 5) is 8.14. The molecule has 0 atom stereocenters. The van der Waals surface area contributed by atoms with Gasteiger partial charge in [-0.25, -0.2) is 9.97 Å². The van der Waals surface area contributed by atoms with Crippen molar-refractivity contribution in [2.75, 3.05) is 25.5 Å². The van der Waals surface area contributed by atoms with Crippen molar-refractivity contribution in [1.29, 1.82) is 0 Å². The summed E-state index contributed by atoms with van der Waals surface area (Å²) in [5.41, 5.74) is 5.27. The molecule has 0 saturated carbocycles. The Morgan fingerprint density at radius 2 is 2.00 bits per heavy atom. The first-order valence-corrected chi connectivity index (χ1v) is 5.09. The first-order valence-electron chi connectivity index (χ1n) is 4.11. The van der Waals surface area contributed by atoms with Gasteiger partial charge in [0.15, 0.2) is 5.16 Å². The van der Waals surface area contributed by atoms with E-state index in [0.717, 1.165) is 10.9 Å². The van der Waals surface area contributed by atoms with E-state index in [2.05, 4.69) is 9.97 Å². The van der Waals surface area contributed by atoms with Crippen molar-refractivity contribution >= 4 is 24.2 Å². The quantitative estimate of drug-likeness (QED) is 0.452. The van der Waals surface area contributed by atoms with Gasteiger partial charge in [-0.1, -0.05) is 11.8 Å². The number of aromatic nitrogens is 2. The third-order valence-corrected chi connectivity index (χ3v) is 2.10. The summed E-state index contributed by atoms with van der Waals surface area (Å²) in [6.45, 7) is 1.89. The van der Waals surface area contributed by atoms with Crippen molar-refractivity contribution in [1.82, 2.24) is 9.97 Å². The van der Waals surface area contributed by atoms with E-state index >= 15 is 0 Å². The van der Waals surface area contributed by atoms with Crippen LogP contribution < -0.4 is 5.73 Å². The van der Waals surface area contributed by atoms with Crippen LogP contribution in [0.15, 0.2) is 23.6 Å². The standard InChI is InChI=1S/C8H13N3OS.ClH/c9-2-5-12-6-7-13-8-10-3-1-4-11-8;/h1,3-4H,2,5-7,9H2;1H. The molecule has 0 radical (unpaired) electrons. The van der Waals surface area contributed by atoms with Crippen LogP contribution in [0, 0.1) is 0 Å². The molecular formula is C8H14ClN3OS. The third-order valence-electron chi connectivity index (χ3n) is 1.26. The first kappa shape index (κ1) is 13.6. The summed E-state index contributed by atoms with van der Waals surface area (Å²) < 4.78 is 5.20. The fourth-order valence-electron chi connectivity index (χ4n) is 0.737. The molecule has 14 heavy (non-hydrogen) atoms. The van der Waals surface area contributed by atoms with Crippen LogP contribution in [-0.4, -0.2) is 35.5 Å². The lowest BCUT2D eigenvalue weighted by molar-refractivity contribution is 0.158. The average molecular weight is 236 g/mol. The molecule has 4 nitrogen and oxygen atoms in total. The van der Waals surface area contributed by atoms with Gasteiger partial charge in [-0.3, -0.25) is 0 Å². The van der Waals surface area contributed by atoms with Gasteiger partial charge in [0.25, 0.3) is 0 Å². The Morgan fingerprint density at radius 1 is 1.29 bits per heavy atom. The van der Waals surface area contributed by atoms with Gasteiger partial charge in [0, 0.05) is 24.7 Å². The van der Waals surface area contributed by atoms with E-state index in [1.807, 2.05) is 0 Å². The Morgan fingerprint density at radius 3 is 2.64 bits per heavy atom. The molecular weight excluding hydrogens is 222 g/mol. The molecule has 0 unspecified atom stereocenters. The second-order valence-electron chi connectivity index (χ2n) is 2.28. The number of nitrogens with zero attached hydrogens (tertiary/aromatic N) is 2. The fourth-order valence-corrected chi connectivity index (χ4v) is 1.39. The van der Waals surface area contributed by atoms with Crippen LogP contribution in [-0.2, 0) is 4.74 Å². The molecule has 1 heterocycles. The number of hydrogen-bond donors (Lipinski definition) is 1. The number of halogens is 1. The van der Waals surface area contributed by atoms with E-state index in [-0.39, 0.29) is 12.4 Å². The zero-order valence-electron chi connectivity index (χ0n) is 7.76. The molecule has 2 N–H and O–H groups in total. The van der Waals surface area contributed by atoms with Gasteiger partial charge in [0.1, 0.15) is 0 Å². The minimum Gasteiger partial charge on any atom is -0.379 e. The molecule has 0 spiro atoms. The third kappa shape index (κ3) is 6.15. The highest BCUT2D eigenvalue weighted by Gasteiger charge is 1.94. The Kier molecular flexibility index (Phi) is 8.97. The van der Waals surface area contributed by atoms with Crippen LogP contribution in [0.3, 0.4) is 0 Å². The van der Waals surface area contributed by atoms with Gasteiger partial charge in [0.2, 0.25) is 0 Å². The largest absolute Gasteiger partial charge is 0.379 e. The number of thioether (sulfide) groups is 1. The average Bonchev–Trinajstić information content (AvgIpc) is 2.19. The fraction of sp³-hybridized carbons (Fsp3) is 0.500. The molecule has 0 bridgehead atoms. The van der Waals surface area contributed by atoms with Crippen molar-refractivity contribution in [3.05, 3.63) is 18.5 Å². The maximum Gasteiger partial charge on any atom is 0.187 e. The summed E-state index contributed by atoms with van der Waals surface area (Å²) in [5, 5.41) is 0.791. The predicted octanol–water partition coefficient (Wildman–Crippen LogP) is 0.966. The van der Waals surface area contributed by atoms with Crippen LogP contribution in [0.5, 0.6) is 0 Å². The minimum absolute atomic E-state index is 0. The van der Waals surface area contributed by atoms with Crippen molar-refractivity contribution in [2.45, 2.75) is 5.16 Å². The Hall–Kier alpha value is -0.360. The molecule has 1 aromatic heterocycles. The number of rotatable bonds is 6. The lowest BCUT2D eigenvalue weighted by Crippen LogP contribution is -2.09. The smallest absolute Gasteiger partial charge is 0.187 e. The first-order chi connectivity index (χ1) is 6.43. The lowest BCUT2D eigenvalue weighted by atomic mass is 10.7. The van der Waals surface area contributed by atoms with E-state index in [4.69, 9.17) is 10.5 Å². The highest BCUT2D eigenvalue weighted by atomic mass is 35.5. The van der Waals surface area contributed by atoms with Crippen molar-refractivity contribution in [3.63, 3.8) is 0 Å². The molecule has 0 saturated heterocycles. The zero-order valence-corrected chi connectivity index (χ0v) is 9.39. The van der Waals surface area contributed by atoms with Crippen LogP contribution in [0.2, 0.25) is 0 Å². The molecule has 0 amide bonds. The highest BCUT2D eigenvalue weighted by molar-refractivity contribution is 7.99. The number of nitrogens with two attached hydrogens (primary N) is 1. The summed E-state index contributed by atoms with van der Waals surface area (Å²) in [6.07, 6.45) is 3.46. The van der Waals surface area contributed by atoms with Crippen LogP contribution in [0.1, 0.15) is 0 Å². The van der Waals surface area contributed by atoms with E-state index in [1.165, 1.54) is 0 Å². The molecule has 1 aromatic rings. The van der Waals surface area contributed by atoms with Crippen LogP contribution >= 0.6 is 24.2 Å².